The average molecular weight is 366 g/mol. The van der Waals surface area contributed by atoms with Gasteiger partial charge < -0.3 is 31.0 Å². The molecule has 0 amide bonds. The highest BCUT2D eigenvalue weighted by molar-refractivity contribution is 5.94. The van der Waals surface area contributed by atoms with E-state index in [0.717, 1.165) is 18.2 Å². The number of hydrogen-bond donors (Lipinski definition) is 5. The van der Waals surface area contributed by atoms with E-state index in [2.05, 4.69) is 0 Å². The molecule has 2 aromatic carbocycles. The maximum atomic E-state index is 10.4. The molecule has 0 radical (unpaired) electrons. The predicted molar refractivity (Wildman–Crippen MR) is 86.0 cm³/mol. The lowest BCUT2D eigenvalue weighted by Gasteiger charge is -1.99. The summed E-state index contributed by atoms with van der Waals surface area (Å²) in [5, 5.41) is 43.0. The third-order valence-corrected chi connectivity index (χ3v) is 2.85. The topological polar surface area (TPSA) is 201 Å². The van der Waals surface area contributed by atoms with Gasteiger partial charge in [0.2, 0.25) is 0 Å². The lowest BCUT2D eigenvalue weighted by atomic mass is 10.1. The maximum Gasteiger partial charge on any atom is 0.339 e. The molecule has 10 nitrogen and oxygen atoms in total. The van der Waals surface area contributed by atoms with Crippen LogP contribution in [0.1, 0.15) is 41.4 Å². The van der Waals surface area contributed by atoms with Crippen molar-refractivity contribution in [2.75, 3.05) is 0 Å². The Bertz CT molecular complexity index is 790. The second-order valence-electron chi connectivity index (χ2n) is 4.53. The molecule has 7 N–H and O–H groups in total. The first-order valence-electron chi connectivity index (χ1n) is 6.49. The molecule has 0 bridgehead atoms. The molecular weight excluding hydrogens is 352 g/mol. The summed E-state index contributed by atoms with van der Waals surface area (Å²) in [4.78, 5) is 41.4. The quantitative estimate of drug-likeness (QED) is 0.524. The highest BCUT2D eigenvalue weighted by Crippen LogP contribution is 2.18. The van der Waals surface area contributed by atoms with Gasteiger partial charge in [0.05, 0.1) is 16.7 Å². The SMILES string of the molecule is O.O=C(O)c1ccc(C(=O)O)c(O)c1.O=C(O)c1ccc(C(=O)O)cc1. The minimum atomic E-state index is -1.30. The number of aromatic carboxylic acids is 4. The van der Waals surface area contributed by atoms with E-state index in [-0.39, 0.29) is 27.7 Å². The molecule has 0 unspecified atom stereocenters. The van der Waals surface area contributed by atoms with Crippen molar-refractivity contribution in [2.45, 2.75) is 0 Å². The first kappa shape index (κ1) is 22.1. The fourth-order valence-electron chi connectivity index (χ4n) is 1.60. The summed E-state index contributed by atoms with van der Waals surface area (Å²) < 4.78 is 0. The average Bonchev–Trinajstić information content (AvgIpc) is 2.54. The highest BCUT2D eigenvalue weighted by atomic mass is 16.4. The van der Waals surface area contributed by atoms with Crippen LogP contribution in [0.2, 0.25) is 0 Å². The van der Waals surface area contributed by atoms with Gasteiger partial charge in [-0.3, -0.25) is 0 Å². The van der Waals surface area contributed by atoms with Gasteiger partial charge in [-0.15, -0.1) is 0 Å². The van der Waals surface area contributed by atoms with Crippen LogP contribution in [0.3, 0.4) is 0 Å². The van der Waals surface area contributed by atoms with Gasteiger partial charge in [-0.2, -0.15) is 0 Å². The van der Waals surface area contributed by atoms with Crippen molar-refractivity contribution >= 4 is 23.9 Å². The molecule has 0 aliphatic rings. The Morgan fingerprint density at radius 2 is 0.923 bits per heavy atom. The summed E-state index contributed by atoms with van der Waals surface area (Å²) >= 11 is 0. The fraction of sp³-hybridized carbons (Fsp3) is 0. The second kappa shape index (κ2) is 9.39. The molecule has 0 atom stereocenters. The zero-order valence-corrected chi connectivity index (χ0v) is 12.9. The Balaban J connectivity index is 0.000000464. The molecule has 138 valence electrons. The van der Waals surface area contributed by atoms with Gasteiger partial charge in [-0.1, -0.05) is 0 Å². The molecule has 2 rings (SSSR count). The fourth-order valence-corrected chi connectivity index (χ4v) is 1.60. The van der Waals surface area contributed by atoms with Crippen molar-refractivity contribution in [3.63, 3.8) is 0 Å². The summed E-state index contributed by atoms with van der Waals surface area (Å²) in [6.45, 7) is 0. The standard InChI is InChI=1S/C8H6O5.C8H6O4.H2O/c9-6-3-4(7(10)11)1-2-5(6)8(12)13;9-7(10)5-1-2-6(4-3-5)8(11)12;/h1-3,9H,(H,10,11)(H,12,13);1-4H,(H,9,10)(H,11,12);1H2. The summed E-state index contributed by atoms with van der Waals surface area (Å²) in [7, 11) is 0. The number of rotatable bonds is 4. The monoisotopic (exact) mass is 366 g/mol. The molecule has 26 heavy (non-hydrogen) atoms. The molecule has 0 saturated heterocycles. The zero-order valence-electron chi connectivity index (χ0n) is 12.9. The van der Waals surface area contributed by atoms with Gasteiger partial charge in [0, 0.05) is 0 Å². The van der Waals surface area contributed by atoms with E-state index < -0.39 is 29.6 Å². The van der Waals surface area contributed by atoms with Gasteiger partial charge in [-0.25, -0.2) is 19.2 Å². The summed E-state index contributed by atoms with van der Waals surface area (Å²) in [6, 6.07) is 8.08. The van der Waals surface area contributed by atoms with Gasteiger partial charge in [0.15, 0.2) is 0 Å². The Labute approximate surface area is 145 Å². The van der Waals surface area contributed by atoms with E-state index in [4.69, 9.17) is 25.5 Å². The molecule has 0 fully saturated rings. The van der Waals surface area contributed by atoms with E-state index in [1.165, 1.54) is 24.3 Å². The molecule has 0 heterocycles. The number of phenols is 1. The molecule has 2 aromatic rings. The maximum absolute atomic E-state index is 10.4. The normalized spacial score (nSPS) is 9.08. The van der Waals surface area contributed by atoms with Crippen LogP contribution in [0.15, 0.2) is 42.5 Å². The molecule has 0 aliphatic carbocycles. The minimum Gasteiger partial charge on any atom is -0.507 e. The first-order valence-corrected chi connectivity index (χ1v) is 6.49. The van der Waals surface area contributed by atoms with Crippen molar-refractivity contribution in [2.24, 2.45) is 0 Å². The zero-order chi connectivity index (χ0) is 19.1. The highest BCUT2D eigenvalue weighted by Gasteiger charge is 2.12. The Morgan fingerprint density at radius 1 is 0.577 bits per heavy atom. The van der Waals surface area contributed by atoms with Crippen LogP contribution in [-0.4, -0.2) is 54.9 Å². The van der Waals surface area contributed by atoms with E-state index in [0.29, 0.717) is 0 Å². The number of benzene rings is 2. The summed E-state index contributed by atoms with van der Waals surface area (Å²) in [6.07, 6.45) is 0. The number of carbonyl (C=O) groups is 4. The number of hydrogen-bond acceptors (Lipinski definition) is 5. The van der Waals surface area contributed by atoms with Gasteiger partial charge in [-0.05, 0) is 42.5 Å². The number of aromatic hydroxyl groups is 1. The van der Waals surface area contributed by atoms with Crippen molar-refractivity contribution in [3.8, 4) is 5.75 Å². The van der Waals surface area contributed by atoms with Crippen LogP contribution in [0.4, 0.5) is 0 Å². The first-order chi connectivity index (χ1) is 11.6. The molecule has 0 aromatic heterocycles. The van der Waals surface area contributed by atoms with Crippen LogP contribution < -0.4 is 0 Å². The van der Waals surface area contributed by atoms with Gasteiger partial charge in [0.25, 0.3) is 0 Å². The minimum absolute atomic E-state index is 0. The van der Waals surface area contributed by atoms with Crippen molar-refractivity contribution < 1.29 is 50.2 Å². The second-order valence-corrected chi connectivity index (χ2v) is 4.53. The molecule has 0 saturated carbocycles. The Kier molecular flexibility index (Phi) is 7.98. The lowest BCUT2D eigenvalue weighted by molar-refractivity contribution is 0.0678. The smallest absolute Gasteiger partial charge is 0.339 e. The van der Waals surface area contributed by atoms with Crippen molar-refractivity contribution in [3.05, 3.63) is 64.7 Å². The van der Waals surface area contributed by atoms with E-state index >= 15 is 0 Å². The molecule has 0 spiro atoms. The third kappa shape index (κ3) is 5.94. The van der Waals surface area contributed by atoms with Crippen molar-refractivity contribution in [1.29, 1.82) is 0 Å². The van der Waals surface area contributed by atoms with E-state index in [1.54, 1.807) is 0 Å². The third-order valence-electron chi connectivity index (χ3n) is 2.85. The van der Waals surface area contributed by atoms with Crippen LogP contribution in [0.5, 0.6) is 5.75 Å². The number of carboxylic acid groups (broad SMARTS) is 4. The van der Waals surface area contributed by atoms with E-state index in [1.807, 2.05) is 0 Å². The van der Waals surface area contributed by atoms with Gasteiger partial charge >= 0.3 is 23.9 Å². The Hall–Kier alpha value is -3.92. The molecular formula is C16H14O10. The van der Waals surface area contributed by atoms with E-state index in [9.17, 15) is 19.2 Å². The largest absolute Gasteiger partial charge is 0.507 e. The van der Waals surface area contributed by atoms with Crippen LogP contribution >= 0.6 is 0 Å². The van der Waals surface area contributed by atoms with Crippen LogP contribution in [0.25, 0.3) is 0 Å². The lowest BCUT2D eigenvalue weighted by Crippen LogP contribution is -2.00. The summed E-state index contributed by atoms with van der Waals surface area (Å²) in [5.74, 6) is -5.19. The van der Waals surface area contributed by atoms with Crippen LogP contribution in [0, 0.1) is 0 Å². The number of carboxylic acids is 4. The predicted octanol–water partition coefficient (Wildman–Crippen LogP) is 1.05. The van der Waals surface area contributed by atoms with Gasteiger partial charge in [0.1, 0.15) is 11.3 Å². The molecule has 10 heteroatoms. The Morgan fingerprint density at radius 3 is 1.19 bits per heavy atom. The molecule has 0 aliphatic heterocycles. The summed E-state index contributed by atoms with van der Waals surface area (Å²) in [5.41, 5.74) is -0.299. The van der Waals surface area contributed by atoms with Crippen LogP contribution in [-0.2, 0) is 0 Å². The van der Waals surface area contributed by atoms with Crippen molar-refractivity contribution in [1.82, 2.24) is 0 Å².